The second kappa shape index (κ2) is 10.6. The minimum atomic E-state index is -0.462. The van der Waals surface area contributed by atoms with Crippen molar-refractivity contribution >= 4 is 6.09 Å². The Kier molecular flexibility index (Phi) is 7.16. The van der Waals surface area contributed by atoms with E-state index in [0.29, 0.717) is 25.6 Å². The number of nitrogens with zero attached hydrogens (tertiary/aromatic N) is 2. The van der Waals surface area contributed by atoms with Crippen molar-refractivity contribution in [2.24, 2.45) is 5.92 Å². The molecule has 0 saturated carbocycles. The van der Waals surface area contributed by atoms with Crippen LogP contribution in [0.25, 0.3) is 11.1 Å². The van der Waals surface area contributed by atoms with Crippen LogP contribution in [-0.4, -0.2) is 60.8 Å². The van der Waals surface area contributed by atoms with Gasteiger partial charge in [-0.2, -0.15) is 0 Å². The summed E-state index contributed by atoms with van der Waals surface area (Å²) in [5.74, 6) is 0.532. The summed E-state index contributed by atoms with van der Waals surface area (Å²) in [6.45, 7) is 3.58. The van der Waals surface area contributed by atoms with Crippen LogP contribution in [0.4, 0.5) is 4.79 Å². The molecule has 1 saturated heterocycles. The molecule has 182 valence electrons. The second-order valence-corrected chi connectivity index (χ2v) is 9.85. The van der Waals surface area contributed by atoms with Gasteiger partial charge in [-0.15, -0.1) is 0 Å². The smallest absolute Gasteiger partial charge is 0.409 e. The van der Waals surface area contributed by atoms with E-state index in [4.69, 9.17) is 4.74 Å². The van der Waals surface area contributed by atoms with Gasteiger partial charge in [-0.05, 0) is 59.7 Å². The SMILES string of the molecule is CN(CC1CCN(CC(O)c2ccccc2)CC1)C(=O)OCC1c2ccccc2-c2ccccc21. The maximum Gasteiger partial charge on any atom is 0.409 e. The Balaban J connectivity index is 1.10. The van der Waals surface area contributed by atoms with Crippen LogP contribution in [0.1, 0.15) is 41.6 Å². The lowest BCUT2D eigenvalue weighted by Crippen LogP contribution is -2.41. The van der Waals surface area contributed by atoms with Gasteiger partial charge in [0.25, 0.3) is 0 Å². The first-order chi connectivity index (χ1) is 17.1. The van der Waals surface area contributed by atoms with Gasteiger partial charge >= 0.3 is 6.09 Å². The molecule has 1 amide bonds. The van der Waals surface area contributed by atoms with Crippen LogP contribution < -0.4 is 0 Å². The van der Waals surface area contributed by atoms with E-state index in [9.17, 15) is 9.90 Å². The number of piperidine rings is 1. The van der Waals surface area contributed by atoms with Crippen LogP contribution in [0, 0.1) is 5.92 Å². The number of ether oxygens (including phenoxy) is 1. The Hall–Kier alpha value is -3.15. The number of carbonyl (C=O) groups excluding carboxylic acids is 1. The Morgan fingerprint density at radius 2 is 1.51 bits per heavy atom. The average Bonchev–Trinajstić information content (AvgIpc) is 3.22. The molecule has 1 aliphatic carbocycles. The van der Waals surface area contributed by atoms with Crippen LogP contribution in [0.5, 0.6) is 0 Å². The number of benzene rings is 3. The van der Waals surface area contributed by atoms with Crippen molar-refractivity contribution in [3.8, 4) is 11.1 Å². The lowest BCUT2D eigenvalue weighted by Gasteiger charge is -2.34. The van der Waals surface area contributed by atoms with E-state index in [-0.39, 0.29) is 12.0 Å². The van der Waals surface area contributed by atoms with Gasteiger partial charge in [0.1, 0.15) is 6.61 Å². The molecule has 3 aromatic rings. The van der Waals surface area contributed by atoms with Gasteiger partial charge in [0.05, 0.1) is 6.10 Å². The van der Waals surface area contributed by atoms with Gasteiger partial charge in [-0.1, -0.05) is 78.9 Å². The highest BCUT2D eigenvalue weighted by Crippen LogP contribution is 2.44. The number of carbonyl (C=O) groups is 1. The molecule has 0 aromatic heterocycles. The van der Waals surface area contributed by atoms with Gasteiger partial charge in [0, 0.05) is 26.1 Å². The highest BCUT2D eigenvalue weighted by atomic mass is 16.6. The molecule has 3 aromatic carbocycles. The van der Waals surface area contributed by atoms with Crippen LogP contribution >= 0.6 is 0 Å². The third-order valence-electron chi connectivity index (χ3n) is 7.50. The topological polar surface area (TPSA) is 53.0 Å². The lowest BCUT2D eigenvalue weighted by atomic mass is 9.96. The first-order valence-electron chi connectivity index (χ1n) is 12.6. The number of aliphatic hydroxyl groups is 1. The second-order valence-electron chi connectivity index (χ2n) is 9.85. The maximum atomic E-state index is 12.8. The van der Waals surface area contributed by atoms with Crippen molar-refractivity contribution in [3.63, 3.8) is 0 Å². The van der Waals surface area contributed by atoms with Crippen molar-refractivity contribution in [1.29, 1.82) is 0 Å². The normalized spacial score (nSPS) is 17.0. The molecule has 1 aliphatic heterocycles. The molecular formula is C30H34N2O3. The summed E-state index contributed by atoms with van der Waals surface area (Å²) in [4.78, 5) is 16.9. The van der Waals surface area contributed by atoms with Crippen molar-refractivity contribution in [2.45, 2.75) is 24.9 Å². The van der Waals surface area contributed by atoms with E-state index < -0.39 is 6.10 Å². The Morgan fingerprint density at radius 3 is 2.14 bits per heavy atom. The first kappa shape index (κ1) is 23.6. The van der Waals surface area contributed by atoms with Gasteiger partial charge in [-0.3, -0.25) is 0 Å². The maximum absolute atomic E-state index is 12.8. The Labute approximate surface area is 208 Å². The largest absolute Gasteiger partial charge is 0.448 e. The molecule has 35 heavy (non-hydrogen) atoms. The van der Waals surface area contributed by atoms with Crippen molar-refractivity contribution in [3.05, 3.63) is 95.6 Å². The lowest BCUT2D eigenvalue weighted by molar-refractivity contribution is 0.0751. The minimum Gasteiger partial charge on any atom is -0.448 e. The van der Waals surface area contributed by atoms with Crippen molar-refractivity contribution < 1.29 is 14.6 Å². The number of hydrogen-bond donors (Lipinski definition) is 1. The zero-order valence-corrected chi connectivity index (χ0v) is 20.3. The monoisotopic (exact) mass is 470 g/mol. The predicted octanol–water partition coefficient (Wildman–Crippen LogP) is 5.31. The molecule has 2 aliphatic rings. The molecule has 1 N–H and O–H groups in total. The fourth-order valence-corrected chi connectivity index (χ4v) is 5.54. The molecule has 5 rings (SSSR count). The summed E-state index contributed by atoms with van der Waals surface area (Å²) in [5.41, 5.74) is 5.90. The summed E-state index contributed by atoms with van der Waals surface area (Å²) in [7, 11) is 1.84. The number of rotatable bonds is 7. The fourth-order valence-electron chi connectivity index (χ4n) is 5.54. The summed E-state index contributed by atoms with van der Waals surface area (Å²) < 4.78 is 5.81. The third-order valence-corrected chi connectivity index (χ3v) is 7.50. The molecule has 0 radical (unpaired) electrons. The summed E-state index contributed by atoms with van der Waals surface area (Å²) in [5, 5.41) is 10.5. The molecule has 1 fully saturated rings. The Bertz CT molecular complexity index is 1100. The van der Waals surface area contributed by atoms with E-state index >= 15 is 0 Å². The number of β-amino-alcohol motifs (C(OH)–C–C–N with tert-alkyl or cyclic N) is 1. The van der Waals surface area contributed by atoms with E-state index in [2.05, 4.69) is 53.4 Å². The van der Waals surface area contributed by atoms with E-state index in [1.807, 2.05) is 37.4 Å². The van der Waals surface area contributed by atoms with E-state index in [0.717, 1.165) is 31.5 Å². The average molecular weight is 471 g/mol. The zero-order chi connectivity index (χ0) is 24.2. The van der Waals surface area contributed by atoms with Crippen LogP contribution in [0.2, 0.25) is 0 Å². The van der Waals surface area contributed by atoms with Crippen molar-refractivity contribution in [1.82, 2.24) is 9.80 Å². The minimum absolute atomic E-state index is 0.0824. The summed E-state index contributed by atoms with van der Waals surface area (Å²) >= 11 is 0. The van der Waals surface area contributed by atoms with Crippen molar-refractivity contribution in [2.75, 3.05) is 39.8 Å². The number of likely N-dealkylation sites (tertiary alicyclic amines) is 1. The summed E-state index contributed by atoms with van der Waals surface area (Å²) in [6, 6.07) is 26.6. The molecule has 5 nitrogen and oxygen atoms in total. The number of fused-ring (bicyclic) bond motifs is 3. The standard InChI is InChI=1S/C30H34N2O3/c1-31(19-22-15-17-32(18-16-22)20-29(33)23-9-3-2-4-10-23)30(34)35-21-28-26-13-7-5-11-24(26)25-12-6-8-14-27(25)28/h2-14,22,28-29,33H,15-21H2,1H3. The molecule has 5 heteroatoms. The Morgan fingerprint density at radius 1 is 0.943 bits per heavy atom. The van der Waals surface area contributed by atoms with Crippen LogP contribution in [0.15, 0.2) is 78.9 Å². The molecule has 1 heterocycles. The quantitative estimate of drug-likeness (QED) is 0.508. The van der Waals surface area contributed by atoms with Crippen LogP contribution in [0.3, 0.4) is 0 Å². The zero-order valence-electron chi connectivity index (χ0n) is 20.3. The molecule has 1 unspecified atom stereocenters. The predicted molar refractivity (Wildman–Crippen MR) is 138 cm³/mol. The van der Waals surface area contributed by atoms with Crippen LogP contribution in [-0.2, 0) is 4.74 Å². The van der Waals surface area contributed by atoms with E-state index in [1.165, 1.54) is 22.3 Å². The molecule has 0 bridgehead atoms. The number of hydrogen-bond acceptors (Lipinski definition) is 4. The fraction of sp³-hybridized carbons (Fsp3) is 0.367. The van der Waals surface area contributed by atoms with Gasteiger partial charge < -0.3 is 19.6 Å². The van der Waals surface area contributed by atoms with Gasteiger partial charge in [0.15, 0.2) is 0 Å². The summed E-state index contributed by atoms with van der Waals surface area (Å²) in [6.07, 6.45) is 1.32. The van der Waals surface area contributed by atoms with E-state index in [1.54, 1.807) is 4.90 Å². The van der Waals surface area contributed by atoms with Gasteiger partial charge in [0.2, 0.25) is 0 Å². The third kappa shape index (κ3) is 5.26. The molecule has 1 atom stereocenters. The first-order valence-corrected chi connectivity index (χ1v) is 12.6. The highest BCUT2D eigenvalue weighted by Gasteiger charge is 2.30. The molecule has 0 spiro atoms. The molecular weight excluding hydrogens is 436 g/mol. The highest BCUT2D eigenvalue weighted by molar-refractivity contribution is 5.79. The number of amides is 1. The van der Waals surface area contributed by atoms with Gasteiger partial charge in [-0.25, -0.2) is 4.79 Å². The number of aliphatic hydroxyl groups excluding tert-OH is 1.